The van der Waals surface area contributed by atoms with Crippen LogP contribution >= 0.6 is 0 Å². The van der Waals surface area contributed by atoms with Gasteiger partial charge >= 0.3 is 0 Å². The molecular formula is C10H17NO. The van der Waals surface area contributed by atoms with Gasteiger partial charge in [-0.1, -0.05) is 13.8 Å². The number of hydrogen-bond donors (Lipinski definition) is 1. The summed E-state index contributed by atoms with van der Waals surface area (Å²) in [6.45, 7) is 4.62. The van der Waals surface area contributed by atoms with Gasteiger partial charge in [-0.05, 0) is 30.6 Å². The minimum absolute atomic E-state index is 0.266. The summed E-state index contributed by atoms with van der Waals surface area (Å²) in [7, 11) is 0. The van der Waals surface area contributed by atoms with E-state index in [1.807, 2.05) is 0 Å². The van der Waals surface area contributed by atoms with Crippen LogP contribution in [0.2, 0.25) is 0 Å². The van der Waals surface area contributed by atoms with Gasteiger partial charge in [-0.15, -0.1) is 0 Å². The number of carbonyl (C=O) groups excluding carboxylic acids is 1. The molecule has 1 saturated heterocycles. The van der Waals surface area contributed by atoms with Crippen LogP contribution in [0.3, 0.4) is 0 Å². The third-order valence-corrected chi connectivity index (χ3v) is 3.31. The fourth-order valence-electron chi connectivity index (χ4n) is 2.64. The average molecular weight is 167 g/mol. The van der Waals surface area contributed by atoms with Gasteiger partial charge in [0.2, 0.25) is 5.91 Å². The van der Waals surface area contributed by atoms with Crippen LogP contribution in [-0.2, 0) is 4.79 Å². The van der Waals surface area contributed by atoms with Crippen LogP contribution in [0.5, 0.6) is 0 Å². The minimum atomic E-state index is 0.266. The van der Waals surface area contributed by atoms with Crippen molar-refractivity contribution in [2.24, 2.45) is 11.3 Å². The van der Waals surface area contributed by atoms with E-state index in [2.05, 4.69) is 19.2 Å². The van der Waals surface area contributed by atoms with E-state index < -0.39 is 0 Å². The highest BCUT2D eigenvalue weighted by Gasteiger charge is 2.40. The van der Waals surface area contributed by atoms with E-state index in [0.717, 1.165) is 6.42 Å². The molecule has 0 bridgehead atoms. The molecule has 1 amide bonds. The van der Waals surface area contributed by atoms with Gasteiger partial charge in [0.1, 0.15) is 0 Å². The predicted molar refractivity (Wildman–Crippen MR) is 47.7 cm³/mol. The largest absolute Gasteiger partial charge is 0.353 e. The number of rotatable bonds is 0. The zero-order valence-corrected chi connectivity index (χ0v) is 7.89. The second-order valence-electron chi connectivity index (χ2n) is 5.05. The molecule has 0 aromatic heterocycles. The summed E-state index contributed by atoms with van der Waals surface area (Å²) in [5, 5.41) is 3.05. The van der Waals surface area contributed by atoms with E-state index in [9.17, 15) is 4.79 Å². The highest BCUT2D eigenvalue weighted by Crippen LogP contribution is 2.41. The molecule has 0 aromatic carbocycles. The first kappa shape index (κ1) is 8.09. The maximum Gasteiger partial charge on any atom is 0.220 e. The Bertz CT molecular complexity index is 210. The van der Waals surface area contributed by atoms with Gasteiger partial charge in [-0.3, -0.25) is 4.79 Å². The Morgan fingerprint density at radius 2 is 2.25 bits per heavy atom. The molecule has 1 N–H and O–H groups in total. The van der Waals surface area contributed by atoms with Crippen molar-refractivity contribution in [2.45, 2.75) is 45.6 Å². The van der Waals surface area contributed by atoms with Crippen LogP contribution in [0.15, 0.2) is 0 Å². The van der Waals surface area contributed by atoms with E-state index in [-0.39, 0.29) is 5.91 Å². The van der Waals surface area contributed by atoms with E-state index in [0.29, 0.717) is 17.4 Å². The summed E-state index contributed by atoms with van der Waals surface area (Å²) < 4.78 is 0. The zero-order valence-electron chi connectivity index (χ0n) is 7.89. The summed E-state index contributed by atoms with van der Waals surface area (Å²) in [5.74, 6) is 0.893. The second kappa shape index (κ2) is 2.48. The number of amides is 1. The fourth-order valence-corrected chi connectivity index (χ4v) is 2.64. The molecule has 1 heterocycles. The maximum atomic E-state index is 11.1. The van der Waals surface area contributed by atoms with Gasteiger partial charge in [-0.2, -0.15) is 0 Å². The maximum absolute atomic E-state index is 11.1. The summed E-state index contributed by atoms with van der Waals surface area (Å²) in [5.41, 5.74) is 0.466. The summed E-state index contributed by atoms with van der Waals surface area (Å²) in [6, 6.07) is 0.505. The predicted octanol–water partition coefficient (Wildman–Crippen LogP) is 1.70. The molecule has 2 rings (SSSR count). The Labute approximate surface area is 73.7 Å². The van der Waals surface area contributed by atoms with Gasteiger partial charge in [-0.25, -0.2) is 0 Å². The lowest BCUT2D eigenvalue weighted by molar-refractivity contribution is -0.119. The van der Waals surface area contributed by atoms with E-state index in [4.69, 9.17) is 0 Å². The van der Waals surface area contributed by atoms with Crippen molar-refractivity contribution in [3.8, 4) is 0 Å². The quantitative estimate of drug-likeness (QED) is 0.584. The molecule has 12 heavy (non-hydrogen) atoms. The van der Waals surface area contributed by atoms with Crippen LogP contribution < -0.4 is 5.32 Å². The van der Waals surface area contributed by atoms with Crippen molar-refractivity contribution in [1.29, 1.82) is 0 Å². The van der Waals surface area contributed by atoms with Gasteiger partial charge in [0, 0.05) is 12.5 Å². The molecule has 0 spiro atoms. The van der Waals surface area contributed by atoms with Gasteiger partial charge in [0.15, 0.2) is 0 Å². The van der Waals surface area contributed by atoms with Crippen LogP contribution in [0.1, 0.15) is 39.5 Å². The number of nitrogens with one attached hydrogen (secondary N) is 1. The Balaban J connectivity index is 2.06. The SMILES string of the molecule is CC1(C)CCC2NC(=O)CC2C1. The van der Waals surface area contributed by atoms with Gasteiger partial charge < -0.3 is 5.32 Å². The Morgan fingerprint density at radius 3 is 3.00 bits per heavy atom. The van der Waals surface area contributed by atoms with E-state index in [1.165, 1.54) is 19.3 Å². The van der Waals surface area contributed by atoms with Crippen molar-refractivity contribution in [2.75, 3.05) is 0 Å². The smallest absolute Gasteiger partial charge is 0.220 e. The number of fused-ring (bicyclic) bond motifs is 1. The van der Waals surface area contributed by atoms with Crippen LogP contribution in [0, 0.1) is 11.3 Å². The summed E-state index contributed by atoms with van der Waals surface area (Å²) >= 11 is 0. The van der Waals surface area contributed by atoms with E-state index in [1.54, 1.807) is 0 Å². The van der Waals surface area contributed by atoms with Crippen LogP contribution in [0.25, 0.3) is 0 Å². The third kappa shape index (κ3) is 1.35. The zero-order chi connectivity index (χ0) is 8.77. The van der Waals surface area contributed by atoms with Gasteiger partial charge in [0.25, 0.3) is 0 Å². The first-order valence-electron chi connectivity index (χ1n) is 4.86. The molecule has 2 aliphatic rings. The Morgan fingerprint density at radius 1 is 1.50 bits per heavy atom. The number of hydrogen-bond acceptors (Lipinski definition) is 1. The van der Waals surface area contributed by atoms with Crippen molar-refractivity contribution in [1.82, 2.24) is 5.32 Å². The van der Waals surface area contributed by atoms with Gasteiger partial charge in [0.05, 0.1) is 0 Å². The van der Waals surface area contributed by atoms with Crippen molar-refractivity contribution in [3.63, 3.8) is 0 Å². The Kier molecular flexibility index (Phi) is 1.67. The lowest BCUT2D eigenvalue weighted by Crippen LogP contribution is -2.36. The highest BCUT2D eigenvalue weighted by atomic mass is 16.2. The van der Waals surface area contributed by atoms with E-state index >= 15 is 0 Å². The molecule has 1 aliphatic heterocycles. The minimum Gasteiger partial charge on any atom is -0.353 e. The fraction of sp³-hybridized carbons (Fsp3) is 0.900. The standard InChI is InChI=1S/C10H17NO/c1-10(2)4-3-8-7(6-10)5-9(12)11-8/h7-8H,3-6H2,1-2H3,(H,11,12). The lowest BCUT2D eigenvalue weighted by atomic mass is 9.70. The highest BCUT2D eigenvalue weighted by molar-refractivity contribution is 5.79. The summed E-state index contributed by atoms with van der Waals surface area (Å²) in [6.07, 6.45) is 4.43. The molecule has 0 aromatic rings. The molecule has 0 radical (unpaired) electrons. The topological polar surface area (TPSA) is 29.1 Å². The third-order valence-electron chi connectivity index (χ3n) is 3.31. The normalized spacial score (nSPS) is 39.0. The first-order chi connectivity index (χ1) is 5.57. The monoisotopic (exact) mass is 167 g/mol. The summed E-state index contributed by atoms with van der Waals surface area (Å²) in [4.78, 5) is 11.1. The molecule has 1 saturated carbocycles. The molecule has 2 unspecified atom stereocenters. The second-order valence-corrected chi connectivity index (χ2v) is 5.05. The molecule has 2 fully saturated rings. The van der Waals surface area contributed by atoms with Crippen molar-refractivity contribution in [3.05, 3.63) is 0 Å². The molecule has 1 aliphatic carbocycles. The molecular weight excluding hydrogens is 150 g/mol. The molecule has 68 valence electrons. The molecule has 2 nitrogen and oxygen atoms in total. The van der Waals surface area contributed by atoms with Crippen molar-refractivity contribution >= 4 is 5.91 Å². The lowest BCUT2D eigenvalue weighted by Gasteiger charge is -2.36. The molecule has 2 heteroatoms. The first-order valence-corrected chi connectivity index (χ1v) is 4.86. The van der Waals surface area contributed by atoms with Crippen LogP contribution in [0.4, 0.5) is 0 Å². The molecule has 2 atom stereocenters. The van der Waals surface area contributed by atoms with Crippen LogP contribution in [-0.4, -0.2) is 11.9 Å². The Hall–Kier alpha value is -0.530. The van der Waals surface area contributed by atoms with Crippen molar-refractivity contribution < 1.29 is 4.79 Å². The number of carbonyl (C=O) groups is 1. The average Bonchev–Trinajstić information content (AvgIpc) is 2.26.